The van der Waals surface area contributed by atoms with Gasteiger partial charge in [-0.1, -0.05) is 5.16 Å². The molecule has 92 valence electrons. The molecule has 0 aliphatic rings. The monoisotopic (exact) mass is 241 g/mol. The number of rotatable bonds is 5. The molecule has 1 aromatic heterocycles. The lowest BCUT2D eigenvalue weighted by Gasteiger charge is -2.16. The molecule has 0 fully saturated rings. The molecule has 0 spiro atoms. The van der Waals surface area contributed by atoms with E-state index in [4.69, 9.17) is 10.8 Å². The van der Waals surface area contributed by atoms with Gasteiger partial charge in [0, 0.05) is 6.07 Å². The number of aromatic nitrogens is 1. The Kier molecular flexibility index (Phi) is 3.81. The van der Waals surface area contributed by atoms with Crippen molar-refractivity contribution in [1.29, 1.82) is 0 Å². The third kappa shape index (κ3) is 3.59. The number of amides is 2. The van der Waals surface area contributed by atoms with Gasteiger partial charge in [0.15, 0.2) is 0 Å². The molecule has 0 saturated carbocycles. The molecule has 1 heterocycles. The van der Waals surface area contributed by atoms with Crippen molar-refractivity contribution in [3.05, 3.63) is 17.5 Å². The minimum Gasteiger partial charge on any atom is -0.480 e. The molecular formula is C9H11N3O5. The molecule has 3 N–H and O–H groups in total. The summed E-state index contributed by atoms with van der Waals surface area (Å²) in [4.78, 5) is 33.8. The van der Waals surface area contributed by atoms with Gasteiger partial charge in [0.05, 0.1) is 5.69 Å². The fraction of sp³-hybridized carbons (Fsp3) is 0.333. The van der Waals surface area contributed by atoms with Crippen LogP contribution in [0.5, 0.6) is 0 Å². The third-order valence-electron chi connectivity index (χ3n) is 1.80. The van der Waals surface area contributed by atoms with Crippen molar-refractivity contribution in [3.63, 3.8) is 0 Å². The lowest BCUT2D eigenvalue weighted by molar-refractivity contribution is -0.138. The molecule has 0 saturated heterocycles. The molecule has 1 rings (SSSR count). The highest BCUT2D eigenvalue weighted by Gasteiger charge is 2.23. The van der Waals surface area contributed by atoms with Gasteiger partial charge in [-0.2, -0.15) is 0 Å². The van der Waals surface area contributed by atoms with Gasteiger partial charge in [0.1, 0.15) is 13.1 Å². The first-order valence-corrected chi connectivity index (χ1v) is 4.63. The number of aryl methyl sites for hydroxylation is 1. The van der Waals surface area contributed by atoms with Crippen molar-refractivity contribution in [3.8, 4) is 0 Å². The zero-order valence-electron chi connectivity index (χ0n) is 9.04. The number of primary amides is 1. The van der Waals surface area contributed by atoms with Crippen molar-refractivity contribution in [1.82, 2.24) is 10.1 Å². The fourth-order valence-electron chi connectivity index (χ4n) is 1.17. The van der Waals surface area contributed by atoms with Crippen LogP contribution in [0.3, 0.4) is 0 Å². The normalized spacial score (nSPS) is 9.94. The number of hydrogen-bond acceptors (Lipinski definition) is 5. The molecule has 2 amide bonds. The number of carbonyl (C=O) groups excluding carboxylic acids is 2. The quantitative estimate of drug-likeness (QED) is 0.680. The molecule has 0 bridgehead atoms. The van der Waals surface area contributed by atoms with Crippen LogP contribution in [0.15, 0.2) is 10.6 Å². The molecule has 0 aliphatic heterocycles. The standard InChI is InChI=1S/C9H11N3O5/c1-5-2-6(17-11-5)9(16)12(3-7(10)13)4-8(14)15/h2H,3-4H2,1H3,(H2,10,13)(H,14,15). The zero-order valence-corrected chi connectivity index (χ0v) is 9.04. The summed E-state index contributed by atoms with van der Waals surface area (Å²) in [6, 6.07) is 1.35. The summed E-state index contributed by atoms with van der Waals surface area (Å²) < 4.78 is 4.68. The topological polar surface area (TPSA) is 127 Å². The highest BCUT2D eigenvalue weighted by Crippen LogP contribution is 2.06. The van der Waals surface area contributed by atoms with Crippen molar-refractivity contribution in [2.45, 2.75) is 6.92 Å². The minimum atomic E-state index is -1.25. The molecule has 0 atom stereocenters. The van der Waals surface area contributed by atoms with E-state index in [1.165, 1.54) is 6.07 Å². The predicted octanol–water partition coefficient (Wildman–Crippen LogP) is -1.00. The summed E-state index contributed by atoms with van der Waals surface area (Å²) >= 11 is 0. The average molecular weight is 241 g/mol. The van der Waals surface area contributed by atoms with E-state index in [0.29, 0.717) is 5.69 Å². The number of carboxylic acid groups (broad SMARTS) is 1. The second-order valence-electron chi connectivity index (χ2n) is 3.35. The van der Waals surface area contributed by atoms with Gasteiger partial charge in [-0.25, -0.2) is 0 Å². The van der Waals surface area contributed by atoms with Gasteiger partial charge >= 0.3 is 5.97 Å². The Balaban J connectivity index is 2.85. The first-order valence-electron chi connectivity index (χ1n) is 4.63. The van der Waals surface area contributed by atoms with E-state index >= 15 is 0 Å². The summed E-state index contributed by atoms with van der Waals surface area (Å²) in [7, 11) is 0. The lowest BCUT2D eigenvalue weighted by atomic mass is 10.3. The Morgan fingerprint density at radius 3 is 2.53 bits per heavy atom. The molecular weight excluding hydrogens is 230 g/mol. The summed E-state index contributed by atoms with van der Waals surface area (Å²) in [6.45, 7) is 0.475. The van der Waals surface area contributed by atoms with Crippen LogP contribution in [0.25, 0.3) is 0 Å². The van der Waals surface area contributed by atoms with Crippen molar-refractivity contribution < 1.29 is 24.0 Å². The van der Waals surface area contributed by atoms with Crippen molar-refractivity contribution in [2.24, 2.45) is 5.73 Å². The molecule has 8 nitrogen and oxygen atoms in total. The number of hydrogen-bond donors (Lipinski definition) is 2. The summed E-state index contributed by atoms with van der Waals surface area (Å²) in [5.41, 5.74) is 5.39. The van der Waals surface area contributed by atoms with Crippen LogP contribution in [-0.4, -0.2) is 46.0 Å². The van der Waals surface area contributed by atoms with Crippen molar-refractivity contribution >= 4 is 17.8 Å². The van der Waals surface area contributed by atoms with Gasteiger partial charge in [-0.3, -0.25) is 14.4 Å². The maximum atomic E-state index is 11.8. The molecule has 1 aromatic rings. The number of aliphatic carboxylic acids is 1. The second-order valence-corrected chi connectivity index (χ2v) is 3.35. The maximum absolute atomic E-state index is 11.8. The molecule has 17 heavy (non-hydrogen) atoms. The van der Waals surface area contributed by atoms with E-state index in [1.54, 1.807) is 6.92 Å². The molecule has 0 radical (unpaired) electrons. The van der Waals surface area contributed by atoms with Gasteiger partial charge in [0.2, 0.25) is 11.7 Å². The Hall–Kier alpha value is -2.38. The second kappa shape index (κ2) is 5.10. The average Bonchev–Trinajstić information content (AvgIpc) is 2.61. The molecule has 0 aliphatic carbocycles. The maximum Gasteiger partial charge on any atom is 0.323 e. The summed E-state index contributed by atoms with van der Waals surface area (Å²) in [6.07, 6.45) is 0. The highest BCUT2D eigenvalue weighted by molar-refractivity contribution is 5.95. The molecule has 8 heteroatoms. The van der Waals surface area contributed by atoms with Crippen LogP contribution in [0, 0.1) is 6.92 Å². The van der Waals surface area contributed by atoms with Gasteiger partial charge in [-0.15, -0.1) is 0 Å². The number of nitrogens with two attached hydrogens (primary N) is 1. The van der Waals surface area contributed by atoms with E-state index in [9.17, 15) is 14.4 Å². The van der Waals surface area contributed by atoms with E-state index in [1.807, 2.05) is 0 Å². The Labute approximate surface area is 96.0 Å². The predicted molar refractivity (Wildman–Crippen MR) is 54.0 cm³/mol. The number of carbonyl (C=O) groups is 3. The van der Waals surface area contributed by atoms with Crippen LogP contribution in [0.1, 0.15) is 16.2 Å². The Bertz CT molecular complexity index is 437. The fourth-order valence-corrected chi connectivity index (χ4v) is 1.17. The first kappa shape index (κ1) is 12.7. The number of nitrogens with zero attached hydrogens (tertiary/aromatic N) is 2. The van der Waals surface area contributed by atoms with Crippen LogP contribution >= 0.6 is 0 Å². The summed E-state index contributed by atoms with van der Waals surface area (Å²) in [5, 5.41) is 12.1. The largest absolute Gasteiger partial charge is 0.480 e. The van der Waals surface area contributed by atoms with E-state index in [-0.39, 0.29) is 5.76 Å². The molecule has 0 unspecified atom stereocenters. The SMILES string of the molecule is Cc1cc(C(=O)N(CC(N)=O)CC(=O)O)on1. The van der Waals surface area contributed by atoms with Crippen LogP contribution in [-0.2, 0) is 9.59 Å². The zero-order chi connectivity index (χ0) is 13.0. The van der Waals surface area contributed by atoms with E-state index in [2.05, 4.69) is 9.68 Å². The number of carboxylic acids is 1. The van der Waals surface area contributed by atoms with Crippen LogP contribution < -0.4 is 5.73 Å². The lowest BCUT2D eigenvalue weighted by Crippen LogP contribution is -2.41. The van der Waals surface area contributed by atoms with Gasteiger partial charge in [-0.05, 0) is 6.92 Å². The molecule has 0 aromatic carbocycles. The minimum absolute atomic E-state index is 0.134. The Morgan fingerprint density at radius 2 is 2.12 bits per heavy atom. The third-order valence-corrected chi connectivity index (χ3v) is 1.80. The van der Waals surface area contributed by atoms with E-state index in [0.717, 1.165) is 4.90 Å². The Morgan fingerprint density at radius 1 is 1.47 bits per heavy atom. The van der Waals surface area contributed by atoms with Gasteiger partial charge < -0.3 is 20.3 Å². The van der Waals surface area contributed by atoms with Crippen LogP contribution in [0.2, 0.25) is 0 Å². The van der Waals surface area contributed by atoms with Gasteiger partial charge in [0.25, 0.3) is 5.91 Å². The van der Waals surface area contributed by atoms with E-state index < -0.39 is 30.9 Å². The summed E-state index contributed by atoms with van der Waals surface area (Å²) in [5.74, 6) is -2.94. The highest BCUT2D eigenvalue weighted by atomic mass is 16.5. The smallest absolute Gasteiger partial charge is 0.323 e. The first-order chi connectivity index (χ1) is 7.90. The van der Waals surface area contributed by atoms with Crippen molar-refractivity contribution in [2.75, 3.05) is 13.1 Å². The van der Waals surface area contributed by atoms with Crippen LogP contribution in [0.4, 0.5) is 0 Å².